The first-order chi connectivity index (χ1) is 12.7. The van der Waals surface area contributed by atoms with Gasteiger partial charge in [0.2, 0.25) is 5.91 Å². The number of carbonyl (C=O) groups is 1. The molecule has 1 aromatic heterocycles. The van der Waals surface area contributed by atoms with Crippen LogP contribution in [0.15, 0.2) is 53.7 Å². The van der Waals surface area contributed by atoms with Crippen LogP contribution in [0.3, 0.4) is 0 Å². The summed E-state index contributed by atoms with van der Waals surface area (Å²) in [4.78, 5) is 12.3. The fourth-order valence-corrected chi connectivity index (χ4v) is 3.97. The van der Waals surface area contributed by atoms with E-state index in [4.69, 9.17) is 0 Å². The van der Waals surface area contributed by atoms with E-state index in [1.807, 2.05) is 48.0 Å². The molecule has 132 valence electrons. The van der Waals surface area contributed by atoms with E-state index in [2.05, 4.69) is 27.6 Å². The minimum atomic E-state index is -0.0304. The number of benzene rings is 2. The first kappa shape index (κ1) is 16.8. The van der Waals surface area contributed by atoms with Crippen LogP contribution in [0.1, 0.15) is 17.5 Å². The standard InChI is InChI=1S/C20H20N4OS/c1-24-19(15-6-3-2-4-7-15)22-23-20(24)26-13-18(25)21-17-11-10-14-8-5-9-16(14)12-17/h2-4,6-7,10-12H,5,8-9,13H2,1H3,(H,21,25). The molecule has 0 radical (unpaired) electrons. The van der Waals surface area contributed by atoms with Crippen LogP contribution in [-0.4, -0.2) is 26.4 Å². The Morgan fingerprint density at radius 2 is 1.92 bits per heavy atom. The van der Waals surface area contributed by atoms with E-state index in [0.29, 0.717) is 5.75 Å². The molecule has 0 saturated carbocycles. The highest BCUT2D eigenvalue weighted by molar-refractivity contribution is 7.99. The second-order valence-electron chi connectivity index (χ2n) is 6.41. The summed E-state index contributed by atoms with van der Waals surface area (Å²) in [6, 6.07) is 16.1. The monoisotopic (exact) mass is 364 g/mol. The molecule has 0 bridgehead atoms. The maximum Gasteiger partial charge on any atom is 0.234 e. The van der Waals surface area contributed by atoms with Gasteiger partial charge in [0.25, 0.3) is 0 Å². The Morgan fingerprint density at radius 3 is 2.77 bits per heavy atom. The van der Waals surface area contributed by atoms with E-state index in [-0.39, 0.29) is 5.91 Å². The molecule has 5 nitrogen and oxygen atoms in total. The van der Waals surface area contributed by atoms with Crippen molar-refractivity contribution in [3.63, 3.8) is 0 Å². The number of nitrogens with zero attached hydrogens (tertiary/aromatic N) is 3. The zero-order valence-electron chi connectivity index (χ0n) is 14.6. The normalized spacial score (nSPS) is 12.8. The molecule has 1 amide bonds. The number of aryl methyl sites for hydroxylation is 2. The van der Waals surface area contributed by atoms with Crippen molar-refractivity contribution >= 4 is 23.4 Å². The lowest BCUT2D eigenvalue weighted by Crippen LogP contribution is -2.14. The smallest absolute Gasteiger partial charge is 0.234 e. The molecule has 0 spiro atoms. The first-order valence-corrected chi connectivity index (χ1v) is 9.68. The van der Waals surface area contributed by atoms with E-state index in [9.17, 15) is 4.79 Å². The molecule has 1 aliphatic rings. The minimum Gasteiger partial charge on any atom is -0.325 e. The molecular weight excluding hydrogens is 344 g/mol. The summed E-state index contributed by atoms with van der Waals surface area (Å²) in [5, 5.41) is 12.2. The Balaban J connectivity index is 1.38. The number of carbonyl (C=O) groups excluding carboxylic acids is 1. The maximum atomic E-state index is 12.3. The molecule has 3 aromatic rings. The van der Waals surface area contributed by atoms with Gasteiger partial charge in [0.05, 0.1) is 5.75 Å². The summed E-state index contributed by atoms with van der Waals surface area (Å²) in [7, 11) is 1.92. The van der Waals surface area contributed by atoms with Gasteiger partial charge in [0, 0.05) is 18.3 Å². The number of fused-ring (bicyclic) bond motifs is 1. The molecule has 1 N–H and O–H groups in total. The zero-order valence-corrected chi connectivity index (χ0v) is 15.4. The van der Waals surface area contributed by atoms with Gasteiger partial charge in [-0.15, -0.1) is 10.2 Å². The van der Waals surface area contributed by atoms with Gasteiger partial charge in [-0.25, -0.2) is 0 Å². The SMILES string of the molecule is Cn1c(SCC(=O)Nc2ccc3c(c2)CCC3)nnc1-c1ccccc1. The van der Waals surface area contributed by atoms with Gasteiger partial charge >= 0.3 is 0 Å². The van der Waals surface area contributed by atoms with E-state index < -0.39 is 0 Å². The first-order valence-electron chi connectivity index (χ1n) is 8.70. The lowest BCUT2D eigenvalue weighted by atomic mass is 10.1. The molecule has 0 unspecified atom stereocenters. The second kappa shape index (κ2) is 7.33. The Bertz CT molecular complexity index is 936. The Hall–Kier alpha value is -2.60. The predicted octanol–water partition coefficient (Wildman–Crippen LogP) is 3.70. The van der Waals surface area contributed by atoms with Crippen LogP contribution in [0, 0.1) is 0 Å². The number of amides is 1. The summed E-state index contributed by atoms with van der Waals surface area (Å²) in [6.07, 6.45) is 3.46. The average Bonchev–Trinajstić information content (AvgIpc) is 3.27. The van der Waals surface area contributed by atoms with Crippen molar-refractivity contribution in [3.8, 4) is 11.4 Å². The molecule has 0 atom stereocenters. The maximum absolute atomic E-state index is 12.3. The molecular formula is C20H20N4OS. The van der Waals surface area contributed by atoms with Crippen LogP contribution in [0.2, 0.25) is 0 Å². The highest BCUT2D eigenvalue weighted by Gasteiger charge is 2.14. The van der Waals surface area contributed by atoms with Crippen LogP contribution < -0.4 is 5.32 Å². The molecule has 0 fully saturated rings. The third kappa shape index (κ3) is 3.51. The van der Waals surface area contributed by atoms with Crippen molar-refractivity contribution in [2.45, 2.75) is 24.4 Å². The Labute approximate surface area is 156 Å². The van der Waals surface area contributed by atoms with Crippen molar-refractivity contribution in [2.75, 3.05) is 11.1 Å². The number of rotatable bonds is 5. The number of nitrogens with one attached hydrogen (secondary N) is 1. The fourth-order valence-electron chi connectivity index (χ4n) is 3.26. The van der Waals surface area contributed by atoms with Gasteiger partial charge in [-0.2, -0.15) is 0 Å². The summed E-state index contributed by atoms with van der Waals surface area (Å²) in [6.45, 7) is 0. The summed E-state index contributed by atoms with van der Waals surface area (Å²) >= 11 is 1.39. The molecule has 0 saturated heterocycles. The van der Waals surface area contributed by atoms with Crippen LogP contribution in [-0.2, 0) is 24.7 Å². The van der Waals surface area contributed by atoms with Gasteiger partial charge in [-0.1, -0.05) is 48.2 Å². The van der Waals surface area contributed by atoms with E-state index >= 15 is 0 Å². The minimum absolute atomic E-state index is 0.0304. The number of hydrogen-bond acceptors (Lipinski definition) is 4. The van der Waals surface area contributed by atoms with E-state index in [0.717, 1.165) is 35.1 Å². The van der Waals surface area contributed by atoms with Crippen molar-refractivity contribution < 1.29 is 4.79 Å². The van der Waals surface area contributed by atoms with Gasteiger partial charge in [0.15, 0.2) is 11.0 Å². The van der Waals surface area contributed by atoms with E-state index in [1.54, 1.807) is 0 Å². The van der Waals surface area contributed by atoms with Crippen molar-refractivity contribution in [3.05, 3.63) is 59.7 Å². The topological polar surface area (TPSA) is 59.8 Å². The van der Waals surface area contributed by atoms with Crippen LogP contribution >= 0.6 is 11.8 Å². The second-order valence-corrected chi connectivity index (χ2v) is 7.35. The largest absolute Gasteiger partial charge is 0.325 e. The van der Waals surface area contributed by atoms with Crippen LogP contribution in [0.5, 0.6) is 0 Å². The summed E-state index contributed by atoms with van der Waals surface area (Å²) in [5.74, 6) is 1.07. The molecule has 26 heavy (non-hydrogen) atoms. The number of anilines is 1. The van der Waals surface area contributed by atoms with Gasteiger partial charge < -0.3 is 9.88 Å². The van der Waals surface area contributed by atoms with Crippen molar-refractivity contribution in [2.24, 2.45) is 7.05 Å². The van der Waals surface area contributed by atoms with E-state index in [1.165, 1.54) is 29.3 Å². The number of aromatic nitrogens is 3. The van der Waals surface area contributed by atoms with Gasteiger partial charge in [-0.3, -0.25) is 4.79 Å². The molecule has 2 aromatic carbocycles. The summed E-state index contributed by atoms with van der Waals surface area (Å²) in [5.41, 5.74) is 4.65. The highest BCUT2D eigenvalue weighted by Crippen LogP contribution is 2.26. The Morgan fingerprint density at radius 1 is 1.12 bits per heavy atom. The quantitative estimate of drug-likeness (QED) is 0.701. The average molecular weight is 364 g/mol. The third-order valence-corrected chi connectivity index (χ3v) is 5.60. The summed E-state index contributed by atoms with van der Waals surface area (Å²) < 4.78 is 1.92. The lowest BCUT2D eigenvalue weighted by Gasteiger charge is -2.07. The van der Waals surface area contributed by atoms with Gasteiger partial charge in [-0.05, 0) is 42.5 Å². The molecule has 0 aliphatic heterocycles. The lowest BCUT2D eigenvalue weighted by molar-refractivity contribution is -0.113. The highest BCUT2D eigenvalue weighted by atomic mass is 32.2. The van der Waals surface area contributed by atoms with Crippen molar-refractivity contribution in [1.82, 2.24) is 14.8 Å². The predicted molar refractivity (Wildman–Crippen MR) is 104 cm³/mol. The number of hydrogen-bond donors (Lipinski definition) is 1. The third-order valence-electron chi connectivity index (χ3n) is 4.58. The fraction of sp³-hybridized carbons (Fsp3) is 0.250. The molecule has 1 heterocycles. The Kier molecular flexibility index (Phi) is 4.75. The molecule has 6 heteroatoms. The number of thioether (sulfide) groups is 1. The molecule has 1 aliphatic carbocycles. The van der Waals surface area contributed by atoms with Crippen LogP contribution in [0.4, 0.5) is 5.69 Å². The van der Waals surface area contributed by atoms with Gasteiger partial charge in [0.1, 0.15) is 0 Å². The molecule has 4 rings (SSSR count). The zero-order chi connectivity index (χ0) is 17.9. The van der Waals surface area contributed by atoms with Crippen LogP contribution in [0.25, 0.3) is 11.4 Å². The van der Waals surface area contributed by atoms with Crippen molar-refractivity contribution in [1.29, 1.82) is 0 Å².